The SMILES string of the molecule is CCN(Cc1ccc(C#N)c(OC)c1)c1ccccc1. The number of hydrogen-bond acceptors (Lipinski definition) is 3. The van der Waals surface area contributed by atoms with Crippen LogP contribution in [0.25, 0.3) is 0 Å². The first-order chi connectivity index (χ1) is 9.78. The van der Waals surface area contributed by atoms with Gasteiger partial charge in [0.15, 0.2) is 0 Å². The summed E-state index contributed by atoms with van der Waals surface area (Å²) in [7, 11) is 1.59. The van der Waals surface area contributed by atoms with Gasteiger partial charge < -0.3 is 9.64 Å². The highest BCUT2D eigenvalue weighted by Gasteiger charge is 2.08. The van der Waals surface area contributed by atoms with Crippen LogP contribution in [-0.4, -0.2) is 13.7 Å². The zero-order chi connectivity index (χ0) is 14.4. The molecule has 0 bridgehead atoms. The van der Waals surface area contributed by atoms with Gasteiger partial charge in [-0.05, 0) is 36.8 Å². The van der Waals surface area contributed by atoms with Crippen LogP contribution in [0, 0.1) is 11.3 Å². The van der Waals surface area contributed by atoms with Gasteiger partial charge in [0.25, 0.3) is 0 Å². The second kappa shape index (κ2) is 6.63. The Bertz CT molecular complexity index is 602. The molecule has 0 aliphatic heterocycles. The van der Waals surface area contributed by atoms with Crippen molar-refractivity contribution in [3.63, 3.8) is 0 Å². The van der Waals surface area contributed by atoms with Crippen LogP contribution in [0.4, 0.5) is 5.69 Å². The highest BCUT2D eigenvalue weighted by atomic mass is 16.5. The van der Waals surface area contributed by atoms with Gasteiger partial charge in [0.05, 0.1) is 12.7 Å². The average Bonchev–Trinajstić information content (AvgIpc) is 2.53. The molecule has 0 saturated heterocycles. The molecule has 0 fully saturated rings. The third kappa shape index (κ3) is 3.10. The monoisotopic (exact) mass is 266 g/mol. The molecule has 0 N–H and O–H groups in total. The molecule has 2 aromatic rings. The normalized spacial score (nSPS) is 9.85. The number of anilines is 1. The van der Waals surface area contributed by atoms with Crippen LogP contribution in [0.3, 0.4) is 0 Å². The molecule has 0 spiro atoms. The smallest absolute Gasteiger partial charge is 0.136 e. The molecule has 0 unspecified atom stereocenters. The quantitative estimate of drug-likeness (QED) is 0.829. The van der Waals surface area contributed by atoms with E-state index in [0.717, 1.165) is 18.7 Å². The van der Waals surface area contributed by atoms with Crippen LogP contribution in [0.1, 0.15) is 18.1 Å². The lowest BCUT2D eigenvalue weighted by atomic mass is 10.1. The highest BCUT2D eigenvalue weighted by molar-refractivity contribution is 5.49. The lowest BCUT2D eigenvalue weighted by Gasteiger charge is -2.23. The fourth-order valence-electron chi connectivity index (χ4n) is 2.17. The highest BCUT2D eigenvalue weighted by Crippen LogP contribution is 2.22. The second-order valence-corrected chi connectivity index (χ2v) is 4.50. The summed E-state index contributed by atoms with van der Waals surface area (Å²) in [5.74, 6) is 0.633. The van der Waals surface area contributed by atoms with E-state index in [1.54, 1.807) is 7.11 Å². The minimum atomic E-state index is 0.569. The number of rotatable bonds is 5. The van der Waals surface area contributed by atoms with Crippen molar-refractivity contribution < 1.29 is 4.74 Å². The Balaban J connectivity index is 2.22. The van der Waals surface area contributed by atoms with Crippen molar-refractivity contribution in [3.05, 3.63) is 59.7 Å². The predicted molar refractivity (Wildman–Crippen MR) is 80.9 cm³/mol. The van der Waals surface area contributed by atoms with Gasteiger partial charge in [-0.15, -0.1) is 0 Å². The van der Waals surface area contributed by atoms with Crippen molar-refractivity contribution in [1.29, 1.82) is 5.26 Å². The molecule has 20 heavy (non-hydrogen) atoms. The standard InChI is InChI=1S/C17H18N2O/c1-3-19(16-7-5-4-6-8-16)13-14-9-10-15(12-18)17(11-14)20-2/h4-11H,3,13H2,1-2H3. The zero-order valence-corrected chi connectivity index (χ0v) is 11.8. The minimum absolute atomic E-state index is 0.569. The number of ether oxygens (including phenoxy) is 1. The fourth-order valence-corrected chi connectivity index (χ4v) is 2.17. The number of para-hydroxylation sites is 1. The largest absolute Gasteiger partial charge is 0.495 e. The molecule has 2 aromatic carbocycles. The van der Waals surface area contributed by atoms with E-state index in [0.29, 0.717) is 11.3 Å². The average molecular weight is 266 g/mol. The van der Waals surface area contributed by atoms with Gasteiger partial charge in [-0.2, -0.15) is 5.26 Å². The van der Waals surface area contributed by atoms with Crippen LogP contribution < -0.4 is 9.64 Å². The van der Waals surface area contributed by atoms with Gasteiger partial charge in [0.1, 0.15) is 11.8 Å². The first-order valence-electron chi connectivity index (χ1n) is 6.65. The summed E-state index contributed by atoms with van der Waals surface area (Å²) in [5.41, 5.74) is 2.89. The molecule has 0 aromatic heterocycles. The molecule has 0 radical (unpaired) electrons. The molecule has 0 aliphatic carbocycles. The number of methoxy groups -OCH3 is 1. The molecular formula is C17H18N2O. The van der Waals surface area contributed by atoms with Crippen molar-refractivity contribution >= 4 is 5.69 Å². The fraction of sp³-hybridized carbons (Fsp3) is 0.235. The number of hydrogen-bond donors (Lipinski definition) is 0. The van der Waals surface area contributed by atoms with E-state index in [-0.39, 0.29) is 0 Å². The molecular weight excluding hydrogens is 248 g/mol. The van der Waals surface area contributed by atoms with Gasteiger partial charge in [-0.25, -0.2) is 0 Å². The summed E-state index contributed by atoms with van der Waals surface area (Å²) >= 11 is 0. The van der Waals surface area contributed by atoms with E-state index in [1.807, 2.05) is 36.4 Å². The van der Waals surface area contributed by atoms with Crippen molar-refractivity contribution in [2.45, 2.75) is 13.5 Å². The Hall–Kier alpha value is -2.47. The lowest BCUT2D eigenvalue weighted by molar-refractivity contribution is 0.413. The van der Waals surface area contributed by atoms with Gasteiger partial charge >= 0.3 is 0 Å². The first-order valence-corrected chi connectivity index (χ1v) is 6.65. The van der Waals surface area contributed by atoms with Crippen molar-refractivity contribution in [3.8, 4) is 11.8 Å². The number of benzene rings is 2. The van der Waals surface area contributed by atoms with E-state index in [4.69, 9.17) is 10.00 Å². The van der Waals surface area contributed by atoms with Crippen molar-refractivity contribution in [2.75, 3.05) is 18.6 Å². The van der Waals surface area contributed by atoms with E-state index in [9.17, 15) is 0 Å². The van der Waals surface area contributed by atoms with Gasteiger partial charge in [0, 0.05) is 18.8 Å². The third-order valence-corrected chi connectivity index (χ3v) is 3.26. The van der Waals surface area contributed by atoms with Crippen LogP contribution in [0.15, 0.2) is 48.5 Å². The van der Waals surface area contributed by atoms with E-state index in [1.165, 1.54) is 5.69 Å². The minimum Gasteiger partial charge on any atom is -0.495 e. The van der Waals surface area contributed by atoms with Gasteiger partial charge in [-0.3, -0.25) is 0 Å². The molecule has 2 rings (SSSR count). The number of nitrogens with zero attached hydrogens (tertiary/aromatic N) is 2. The van der Waals surface area contributed by atoms with Crippen LogP contribution in [0.2, 0.25) is 0 Å². The Morgan fingerprint density at radius 2 is 1.90 bits per heavy atom. The molecule has 102 valence electrons. The summed E-state index contributed by atoms with van der Waals surface area (Å²) in [6, 6.07) is 18.2. The maximum absolute atomic E-state index is 9.01. The summed E-state index contributed by atoms with van der Waals surface area (Å²) in [6.07, 6.45) is 0. The third-order valence-electron chi connectivity index (χ3n) is 3.26. The summed E-state index contributed by atoms with van der Waals surface area (Å²) in [5, 5.41) is 9.01. The van der Waals surface area contributed by atoms with Crippen LogP contribution in [0.5, 0.6) is 5.75 Å². The Morgan fingerprint density at radius 3 is 2.50 bits per heavy atom. The summed E-state index contributed by atoms with van der Waals surface area (Å²) in [4.78, 5) is 2.28. The van der Waals surface area contributed by atoms with E-state index < -0.39 is 0 Å². The van der Waals surface area contributed by atoms with Crippen LogP contribution >= 0.6 is 0 Å². The molecule has 0 saturated carbocycles. The number of nitriles is 1. The Kier molecular flexibility index (Phi) is 4.62. The Labute approximate surface area is 120 Å². The van der Waals surface area contributed by atoms with Crippen molar-refractivity contribution in [1.82, 2.24) is 0 Å². The van der Waals surface area contributed by atoms with Gasteiger partial charge in [0.2, 0.25) is 0 Å². The Morgan fingerprint density at radius 1 is 1.15 bits per heavy atom. The van der Waals surface area contributed by atoms with E-state index >= 15 is 0 Å². The van der Waals surface area contributed by atoms with Crippen molar-refractivity contribution in [2.24, 2.45) is 0 Å². The predicted octanol–water partition coefficient (Wildman–Crippen LogP) is 3.59. The molecule has 0 heterocycles. The van der Waals surface area contributed by atoms with Crippen LogP contribution in [-0.2, 0) is 6.54 Å². The zero-order valence-electron chi connectivity index (χ0n) is 11.8. The second-order valence-electron chi connectivity index (χ2n) is 4.50. The first kappa shape index (κ1) is 14.0. The van der Waals surface area contributed by atoms with E-state index in [2.05, 4.69) is 30.0 Å². The molecule has 3 heteroatoms. The molecule has 0 aliphatic rings. The summed E-state index contributed by atoms with van der Waals surface area (Å²) < 4.78 is 5.26. The maximum atomic E-state index is 9.01. The summed E-state index contributed by atoms with van der Waals surface area (Å²) in [6.45, 7) is 3.85. The molecule has 0 amide bonds. The molecule has 0 atom stereocenters. The lowest BCUT2D eigenvalue weighted by Crippen LogP contribution is -2.21. The topological polar surface area (TPSA) is 36.3 Å². The van der Waals surface area contributed by atoms with Gasteiger partial charge in [-0.1, -0.05) is 24.3 Å². The maximum Gasteiger partial charge on any atom is 0.136 e. The molecule has 3 nitrogen and oxygen atoms in total.